The summed E-state index contributed by atoms with van der Waals surface area (Å²) in [6, 6.07) is 16.2. The molecule has 0 heterocycles. The van der Waals surface area contributed by atoms with E-state index < -0.39 is 5.24 Å². The number of halogens is 3. The van der Waals surface area contributed by atoms with Gasteiger partial charge < -0.3 is 0 Å². The second kappa shape index (κ2) is 16.4. The largest absolute Gasteiger partial charge is 0.276 e. The number of unbranched alkanes of at least 4 members (excludes halogenated alkanes) is 1. The third kappa shape index (κ3) is 16.1. The number of hydrazine groups is 1. The van der Waals surface area contributed by atoms with Crippen LogP contribution in [-0.2, 0) is 6.42 Å². The van der Waals surface area contributed by atoms with E-state index in [1.165, 1.54) is 18.4 Å². The highest BCUT2D eigenvalue weighted by Crippen LogP contribution is 2.09. The lowest BCUT2D eigenvalue weighted by atomic mass is 10.1. The third-order valence-corrected chi connectivity index (χ3v) is 3.87. The summed E-state index contributed by atoms with van der Waals surface area (Å²) in [6.07, 6.45) is 3.46. The third-order valence-electron chi connectivity index (χ3n) is 3.43. The summed E-state index contributed by atoms with van der Waals surface area (Å²) < 4.78 is 0. The Morgan fingerprint density at radius 2 is 1.31 bits per heavy atom. The monoisotopic (exact) mass is 460 g/mol. The van der Waals surface area contributed by atoms with Gasteiger partial charge in [-0.1, -0.05) is 55.8 Å². The number of hydrogen-bond donors (Lipinski definition) is 2. The van der Waals surface area contributed by atoms with Gasteiger partial charge in [0, 0.05) is 16.7 Å². The molecule has 0 bridgehead atoms. The van der Waals surface area contributed by atoms with E-state index in [0.29, 0.717) is 11.1 Å². The molecule has 2 aromatic rings. The average Bonchev–Trinajstić information content (AvgIpc) is 2.68. The maximum atomic E-state index is 10.7. The van der Waals surface area contributed by atoms with Crippen molar-refractivity contribution >= 4 is 46.1 Å². The first kappa shape index (κ1) is 29.8. The van der Waals surface area contributed by atoms with Crippen LogP contribution in [0.4, 0.5) is 0 Å². The molecular weight excluding hydrogens is 431 g/mol. The summed E-state index contributed by atoms with van der Waals surface area (Å²) in [5, 5.41) is -0.794. The van der Waals surface area contributed by atoms with Crippen LogP contribution in [0.5, 0.6) is 0 Å². The highest BCUT2D eigenvalue weighted by molar-refractivity contribution is 6.68. The first-order chi connectivity index (χ1) is 13.1. The summed E-state index contributed by atoms with van der Waals surface area (Å²) in [6.45, 7) is 8.18. The first-order valence-electron chi connectivity index (χ1n) is 9.12. The molecular formula is C22H31Cl3N2O2. The van der Waals surface area contributed by atoms with Gasteiger partial charge in [0.25, 0.3) is 10.5 Å². The van der Waals surface area contributed by atoms with Crippen molar-refractivity contribution in [2.75, 3.05) is 0 Å². The van der Waals surface area contributed by atoms with Crippen LogP contribution in [0, 0.1) is 0 Å². The van der Waals surface area contributed by atoms with E-state index in [2.05, 4.69) is 12.3 Å². The molecule has 0 saturated carbocycles. The molecule has 0 fully saturated rings. The fourth-order valence-electron chi connectivity index (χ4n) is 1.75. The van der Waals surface area contributed by atoms with E-state index >= 15 is 0 Å². The van der Waals surface area contributed by atoms with Gasteiger partial charge in [0.05, 0.1) is 0 Å². The average molecular weight is 462 g/mol. The standard InChI is InChI=1S/C11H13ClO.C7H5ClO.C4H12N2.ClH/c1-2-3-4-9-5-7-10(8-6-9)11(12)13;8-7(9)6-4-2-1-3-5-6;1-4(2,3)6-5;/h5-8H,2-4H2,1H3;1-5H;6H,5H2,1-3H3;1H. The van der Waals surface area contributed by atoms with Crippen LogP contribution in [0.25, 0.3) is 0 Å². The van der Waals surface area contributed by atoms with Crippen molar-refractivity contribution in [3.05, 3.63) is 71.3 Å². The molecule has 0 radical (unpaired) electrons. The van der Waals surface area contributed by atoms with Crippen molar-refractivity contribution < 1.29 is 9.59 Å². The summed E-state index contributed by atoms with van der Waals surface area (Å²) in [7, 11) is 0. The minimum atomic E-state index is -0.407. The van der Waals surface area contributed by atoms with Gasteiger partial charge in [0.1, 0.15) is 0 Å². The minimum absolute atomic E-state index is 0. The Morgan fingerprint density at radius 1 is 0.897 bits per heavy atom. The fraction of sp³-hybridized carbons (Fsp3) is 0.364. The molecule has 29 heavy (non-hydrogen) atoms. The SMILES string of the molecule is CC(C)(C)NN.CCCCc1ccc(C(=O)Cl)cc1.Cl.O=C(Cl)c1ccccc1. The van der Waals surface area contributed by atoms with Gasteiger partial charge in [-0.25, -0.2) is 0 Å². The smallest absolute Gasteiger partial charge is 0.252 e. The molecule has 0 saturated heterocycles. The zero-order chi connectivity index (χ0) is 21.6. The van der Waals surface area contributed by atoms with Crippen LogP contribution < -0.4 is 11.3 Å². The lowest BCUT2D eigenvalue weighted by molar-refractivity contribution is 0.107. The van der Waals surface area contributed by atoms with E-state index in [9.17, 15) is 9.59 Å². The molecule has 162 valence electrons. The number of rotatable bonds is 5. The lowest BCUT2D eigenvalue weighted by Crippen LogP contribution is -2.41. The molecule has 4 nitrogen and oxygen atoms in total. The van der Waals surface area contributed by atoms with Gasteiger partial charge >= 0.3 is 0 Å². The molecule has 0 unspecified atom stereocenters. The number of carbonyl (C=O) groups is 2. The molecule has 0 aliphatic heterocycles. The summed E-state index contributed by atoms with van der Waals surface area (Å²) in [5.74, 6) is 5.06. The predicted octanol–water partition coefficient (Wildman–Crippen LogP) is 6.14. The Morgan fingerprint density at radius 3 is 1.62 bits per heavy atom. The Bertz CT molecular complexity index is 700. The Labute approximate surface area is 190 Å². The van der Waals surface area contributed by atoms with Crippen molar-refractivity contribution in [3.63, 3.8) is 0 Å². The zero-order valence-electron chi connectivity index (χ0n) is 17.4. The van der Waals surface area contributed by atoms with Crippen LogP contribution in [0.2, 0.25) is 0 Å². The molecule has 0 spiro atoms. The van der Waals surface area contributed by atoms with Gasteiger partial charge in [-0.2, -0.15) is 0 Å². The van der Waals surface area contributed by atoms with Crippen LogP contribution in [0.1, 0.15) is 66.8 Å². The van der Waals surface area contributed by atoms with Gasteiger partial charge in [-0.05, 0) is 74.5 Å². The summed E-state index contributed by atoms with van der Waals surface area (Å²) in [5.41, 5.74) is 5.05. The van der Waals surface area contributed by atoms with Crippen LogP contribution in [-0.4, -0.2) is 16.0 Å². The Kier molecular flexibility index (Phi) is 16.8. The first-order valence-corrected chi connectivity index (χ1v) is 9.87. The van der Waals surface area contributed by atoms with E-state index in [1.54, 1.807) is 36.4 Å². The molecule has 0 aliphatic rings. The Hall–Kier alpha value is -1.43. The van der Waals surface area contributed by atoms with Crippen molar-refractivity contribution in [2.24, 2.45) is 5.84 Å². The zero-order valence-corrected chi connectivity index (χ0v) is 19.7. The van der Waals surface area contributed by atoms with Crippen molar-refractivity contribution in [1.82, 2.24) is 5.43 Å². The minimum Gasteiger partial charge on any atom is -0.276 e. The number of nitrogens with two attached hydrogens (primary N) is 1. The van der Waals surface area contributed by atoms with Gasteiger partial charge in [-0.15, -0.1) is 12.4 Å². The molecule has 0 aliphatic carbocycles. The second-order valence-corrected chi connectivity index (χ2v) is 7.79. The van der Waals surface area contributed by atoms with Crippen LogP contribution in [0.15, 0.2) is 54.6 Å². The number of benzene rings is 2. The molecule has 3 N–H and O–H groups in total. The van der Waals surface area contributed by atoms with Crippen molar-refractivity contribution in [1.29, 1.82) is 0 Å². The quantitative estimate of drug-likeness (QED) is 0.318. The fourth-order valence-corrected chi connectivity index (χ4v) is 2.00. The highest BCUT2D eigenvalue weighted by atomic mass is 35.5. The van der Waals surface area contributed by atoms with Gasteiger partial charge in [0.2, 0.25) is 0 Å². The number of carbonyl (C=O) groups excluding carboxylic acids is 2. The second-order valence-electron chi connectivity index (χ2n) is 7.11. The van der Waals surface area contributed by atoms with E-state index in [0.717, 1.165) is 6.42 Å². The molecule has 2 rings (SSSR count). The van der Waals surface area contributed by atoms with E-state index in [4.69, 9.17) is 29.0 Å². The van der Waals surface area contributed by atoms with Crippen molar-refractivity contribution in [3.8, 4) is 0 Å². The van der Waals surface area contributed by atoms with Crippen LogP contribution >= 0.6 is 35.6 Å². The van der Waals surface area contributed by atoms with Gasteiger partial charge in [-0.3, -0.25) is 20.9 Å². The summed E-state index contributed by atoms with van der Waals surface area (Å²) >= 11 is 10.5. The maximum absolute atomic E-state index is 10.7. The van der Waals surface area contributed by atoms with Crippen LogP contribution in [0.3, 0.4) is 0 Å². The lowest BCUT2D eigenvalue weighted by Gasteiger charge is -2.14. The molecule has 2 aromatic carbocycles. The van der Waals surface area contributed by atoms with E-state index in [1.807, 2.05) is 39.0 Å². The number of nitrogens with one attached hydrogen (secondary N) is 1. The molecule has 0 atom stereocenters. The topological polar surface area (TPSA) is 72.2 Å². The van der Waals surface area contributed by atoms with E-state index in [-0.39, 0.29) is 23.2 Å². The van der Waals surface area contributed by atoms with Gasteiger partial charge in [0.15, 0.2) is 0 Å². The Balaban J connectivity index is 0. The molecule has 7 heteroatoms. The number of aryl methyl sites for hydroxylation is 1. The summed E-state index contributed by atoms with van der Waals surface area (Å²) in [4.78, 5) is 21.1. The predicted molar refractivity (Wildman–Crippen MR) is 126 cm³/mol. The highest BCUT2D eigenvalue weighted by Gasteiger charge is 2.02. The van der Waals surface area contributed by atoms with Crippen molar-refractivity contribution in [2.45, 2.75) is 52.5 Å². The number of hydrogen-bond acceptors (Lipinski definition) is 4. The molecule has 0 aromatic heterocycles. The normalized spacial score (nSPS) is 9.76. The maximum Gasteiger partial charge on any atom is 0.252 e. The molecule has 0 amide bonds.